The summed E-state index contributed by atoms with van der Waals surface area (Å²) in [6.45, 7) is 0. The molecule has 19 heavy (non-hydrogen) atoms. The van der Waals surface area contributed by atoms with Crippen molar-refractivity contribution in [3.05, 3.63) is 73.2 Å². The van der Waals surface area contributed by atoms with Gasteiger partial charge in [0.2, 0.25) is 0 Å². The van der Waals surface area contributed by atoms with Gasteiger partial charge in [-0.3, -0.25) is 4.98 Å². The number of hydrogen-bond acceptors (Lipinski definition) is 2. The predicted molar refractivity (Wildman–Crippen MR) is 71.7 cm³/mol. The normalized spacial score (nSPS) is 9.68. The van der Waals surface area contributed by atoms with Crippen molar-refractivity contribution in [1.29, 1.82) is 0 Å². The standard InChI is InChI=1S/C16H11N2.Ir/c1-2-10-18-16(8-1)14-6-3-5-13(11-14)15-7-4-9-17-12-15;/h1-5,7-12H;/q-1;. The van der Waals surface area contributed by atoms with E-state index in [-0.39, 0.29) is 20.1 Å². The van der Waals surface area contributed by atoms with E-state index in [0.29, 0.717) is 0 Å². The molecule has 0 bridgehead atoms. The minimum absolute atomic E-state index is 0. The first-order valence-corrected chi connectivity index (χ1v) is 5.77. The molecule has 2 nitrogen and oxygen atoms in total. The van der Waals surface area contributed by atoms with E-state index in [1.807, 2.05) is 48.7 Å². The van der Waals surface area contributed by atoms with Crippen molar-refractivity contribution >= 4 is 0 Å². The first-order chi connectivity index (χ1) is 8.93. The fourth-order valence-corrected chi connectivity index (χ4v) is 1.85. The van der Waals surface area contributed by atoms with Gasteiger partial charge in [-0.15, -0.1) is 29.8 Å². The van der Waals surface area contributed by atoms with E-state index in [2.05, 4.69) is 22.1 Å². The summed E-state index contributed by atoms with van der Waals surface area (Å²) >= 11 is 0. The molecule has 0 amide bonds. The van der Waals surface area contributed by atoms with Crippen LogP contribution in [-0.4, -0.2) is 9.97 Å². The van der Waals surface area contributed by atoms with E-state index in [1.165, 1.54) is 0 Å². The molecule has 3 aromatic rings. The topological polar surface area (TPSA) is 25.8 Å². The van der Waals surface area contributed by atoms with Crippen LogP contribution in [0.5, 0.6) is 0 Å². The Morgan fingerprint density at radius 2 is 1.84 bits per heavy atom. The molecule has 3 heteroatoms. The van der Waals surface area contributed by atoms with Crippen molar-refractivity contribution in [3.8, 4) is 22.4 Å². The second kappa shape index (κ2) is 6.37. The third-order valence-electron chi connectivity index (χ3n) is 2.74. The minimum Gasteiger partial charge on any atom is -0.305 e. The smallest absolute Gasteiger partial charge is 0.0330 e. The molecular weight excluding hydrogens is 412 g/mol. The molecule has 1 aromatic carbocycles. The van der Waals surface area contributed by atoms with Gasteiger partial charge in [-0.05, 0) is 23.4 Å². The Bertz CT molecular complexity index is 584. The summed E-state index contributed by atoms with van der Waals surface area (Å²) in [7, 11) is 0. The molecule has 3 rings (SSSR count). The van der Waals surface area contributed by atoms with Crippen LogP contribution in [0.1, 0.15) is 0 Å². The van der Waals surface area contributed by atoms with Gasteiger partial charge in [-0.2, -0.15) is 0 Å². The molecule has 0 aliphatic rings. The quantitative estimate of drug-likeness (QED) is 0.589. The zero-order valence-corrected chi connectivity index (χ0v) is 12.5. The molecule has 0 N–H and O–H groups in total. The summed E-state index contributed by atoms with van der Waals surface area (Å²) in [6, 6.07) is 19.1. The van der Waals surface area contributed by atoms with Crippen molar-refractivity contribution in [3.63, 3.8) is 0 Å². The van der Waals surface area contributed by atoms with Crippen LogP contribution in [0.25, 0.3) is 22.4 Å². The maximum absolute atomic E-state index is 4.34. The van der Waals surface area contributed by atoms with Gasteiger partial charge in [0, 0.05) is 38.7 Å². The first kappa shape index (κ1) is 13.6. The summed E-state index contributed by atoms with van der Waals surface area (Å²) in [6.07, 6.45) is 5.43. The van der Waals surface area contributed by atoms with E-state index >= 15 is 0 Å². The van der Waals surface area contributed by atoms with E-state index in [4.69, 9.17) is 0 Å². The van der Waals surface area contributed by atoms with Gasteiger partial charge in [0.15, 0.2) is 0 Å². The third-order valence-corrected chi connectivity index (χ3v) is 2.74. The maximum Gasteiger partial charge on any atom is 0.0330 e. The zero-order valence-electron chi connectivity index (χ0n) is 10.1. The van der Waals surface area contributed by atoms with Crippen LogP contribution in [0.3, 0.4) is 0 Å². The van der Waals surface area contributed by atoms with Crippen molar-refractivity contribution < 1.29 is 20.1 Å². The molecule has 0 aliphatic heterocycles. The van der Waals surface area contributed by atoms with Crippen molar-refractivity contribution in [1.82, 2.24) is 9.97 Å². The molecule has 0 atom stereocenters. The Kier molecular flexibility index (Phi) is 4.56. The van der Waals surface area contributed by atoms with Crippen molar-refractivity contribution in [2.24, 2.45) is 0 Å². The SMILES string of the molecule is [Ir].[c-]1ccc(-c2cccnc2)cc1-c1ccccn1. The minimum atomic E-state index is 0. The number of nitrogens with zero attached hydrogens (tertiary/aromatic N) is 2. The Morgan fingerprint density at radius 1 is 0.895 bits per heavy atom. The average Bonchev–Trinajstić information content (AvgIpc) is 2.49. The summed E-state index contributed by atoms with van der Waals surface area (Å²) in [5, 5.41) is 0. The van der Waals surface area contributed by atoms with E-state index in [0.717, 1.165) is 22.4 Å². The molecule has 1 radical (unpaired) electrons. The molecule has 0 saturated carbocycles. The number of rotatable bonds is 2. The van der Waals surface area contributed by atoms with Gasteiger partial charge >= 0.3 is 0 Å². The molecule has 0 spiro atoms. The zero-order chi connectivity index (χ0) is 12.2. The predicted octanol–water partition coefficient (Wildman–Crippen LogP) is 3.61. The number of benzene rings is 1. The van der Waals surface area contributed by atoms with Crippen LogP contribution < -0.4 is 0 Å². The van der Waals surface area contributed by atoms with Gasteiger partial charge in [-0.1, -0.05) is 23.8 Å². The van der Waals surface area contributed by atoms with Crippen molar-refractivity contribution in [2.45, 2.75) is 0 Å². The van der Waals surface area contributed by atoms with E-state index in [1.54, 1.807) is 12.4 Å². The number of pyridine rings is 2. The molecule has 0 saturated heterocycles. The Labute approximate surface area is 125 Å². The van der Waals surface area contributed by atoms with Gasteiger partial charge in [0.05, 0.1) is 0 Å². The molecule has 95 valence electrons. The maximum atomic E-state index is 4.34. The molecule has 2 aromatic heterocycles. The molecule has 2 heterocycles. The van der Waals surface area contributed by atoms with Gasteiger partial charge in [-0.25, -0.2) is 0 Å². The second-order valence-corrected chi connectivity index (χ2v) is 3.95. The monoisotopic (exact) mass is 424 g/mol. The van der Waals surface area contributed by atoms with Crippen molar-refractivity contribution in [2.75, 3.05) is 0 Å². The van der Waals surface area contributed by atoms with E-state index < -0.39 is 0 Å². The van der Waals surface area contributed by atoms with Crippen LogP contribution >= 0.6 is 0 Å². The molecule has 0 fully saturated rings. The fourth-order valence-electron chi connectivity index (χ4n) is 1.85. The summed E-state index contributed by atoms with van der Waals surface area (Å²) in [5.41, 5.74) is 4.16. The van der Waals surface area contributed by atoms with Crippen LogP contribution in [0.2, 0.25) is 0 Å². The van der Waals surface area contributed by atoms with Gasteiger partial charge < -0.3 is 4.98 Å². The second-order valence-electron chi connectivity index (χ2n) is 3.95. The number of aromatic nitrogens is 2. The Morgan fingerprint density at radius 3 is 2.58 bits per heavy atom. The summed E-state index contributed by atoms with van der Waals surface area (Å²) < 4.78 is 0. The molecular formula is C16H11IrN2-. The van der Waals surface area contributed by atoms with Crippen LogP contribution in [-0.2, 0) is 20.1 Å². The largest absolute Gasteiger partial charge is 0.305 e. The van der Waals surface area contributed by atoms with Gasteiger partial charge in [0.1, 0.15) is 0 Å². The number of hydrogen-bond donors (Lipinski definition) is 0. The van der Waals surface area contributed by atoms with Crippen LogP contribution in [0, 0.1) is 6.07 Å². The summed E-state index contributed by atoms with van der Waals surface area (Å²) in [5.74, 6) is 0. The van der Waals surface area contributed by atoms with E-state index in [9.17, 15) is 0 Å². The molecule has 0 unspecified atom stereocenters. The van der Waals surface area contributed by atoms with Crippen LogP contribution in [0.15, 0.2) is 67.1 Å². The summed E-state index contributed by atoms with van der Waals surface area (Å²) in [4.78, 5) is 8.47. The van der Waals surface area contributed by atoms with Gasteiger partial charge in [0.25, 0.3) is 0 Å². The Hall–Kier alpha value is -1.83. The van der Waals surface area contributed by atoms with Crippen LogP contribution in [0.4, 0.5) is 0 Å². The first-order valence-electron chi connectivity index (χ1n) is 5.77. The Balaban J connectivity index is 0.00000133. The fraction of sp³-hybridized carbons (Fsp3) is 0. The molecule has 0 aliphatic carbocycles. The average molecular weight is 423 g/mol. The third kappa shape index (κ3) is 3.14.